The molecule has 0 spiro atoms. The van der Waals surface area contributed by atoms with Gasteiger partial charge in [-0.25, -0.2) is 0 Å². The molecule has 2 nitrogen and oxygen atoms in total. The first-order valence-corrected chi connectivity index (χ1v) is 8.41. The maximum absolute atomic E-state index is 5.71. The average molecular weight is 265 g/mol. The fraction of sp³-hybridized carbons (Fsp3) is 0.882. The number of ether oxygens (including phenoxy) is 1. The van der Waals surface area contributed by atoms with E-state index in [9.17, 15) is 0 Å². The van der Waals surface area contributed by atoms with Crippen LogP contribution in [0.2, 0.25) is 0 Å². The molecule has 0 radical (unpaired) electrons. The summed E-state index contributed by atoms with van der Waals surface area (Å²) in [6.45, 7) is 4.31. The fourth-order valence-corrected chi connectivity index (χ4v) is 3.44. The van der Waals surface area contributed by atoms with E-state index in [4.69, 9.17) is 4.74 Å². The van der Waals surface area contributed by atoms with Gasteiger partial charge in [-0.2, -0.15) is 0 Å². The third-order valence-electron chi connectivity index (χ3n) is 4.49. The van der Waals surface area contributed by atoms with Crippen LogP contribution in [0.15, 0.2) is 11.6 Å². The van der Waals surface area contributed by atoms with Crippen molar-refractivity contribution in [3.05, 3.63) is 11.6 Å². The van der Waals surface area contributed by atoms with Crippen molar-refractivity contribution in [2.24, 2.45) is 0 Å². The van der Waals surface area contributed by atoms with E-state index in [-0.39, 0.29) is 0 Å². The summed E-state index contributed by atoms with van der Waals surface area (Å²) in [4.78, 5) is 0. The van der Waals surface area contributed by atoms with E-state index in [1.54, 1.807) is 5.57 Å². The predicted molar refractivity (Wildman–Crippen MR) is 81.5 cm³/mol. The van der Waals surface area contributed by atoms with Crippen molar-refractivity contribution in [3.8, 4) is 0 Å². The molecule has 0 aromatic carbocycles. The number of nitrogens with one attached hydrogen (secondary N) is 1. The van der Waals surface area contributed by atoms with E-state index in [0.29, 0.717) is 12.1 Å². The minimum atomic E-state index is 0.566. The smallest absolute Gasteiger partial charge is 0.0576 e. The topological polar surface area (TPSA) is 21.3 Å². The zero-order valence-electron chi connectivity index (χ0n) is 12.6. The molecular formula is C17H31NO. The molecule has 1 aliphatic heterocycles. The molecule has 1 saturated heterocycles. The lowest BCUT2D eigenvalue weighted by Crippen LogP contribution is -2.29. The molecule has 2 heteroatoms. The van der Waals surface area contributed by atoms with Crippen molar-refractivity contribution in [2.75, 3.05) is 13.2 Å². The first kappa shape index (κ1) is 15.1. The van der Waals surface area contributed by atoms with E-state index in [0.717, 1.165) is 13.2 Å². The monoisotopic (exact) mass is 265 g/mol. The highest BCUT2D eigenvalue weighted by atomic mass is 16.5. The molecule has 1 heterocycles. The average Bonchev–Trinajstić information content (AvgIpc) is 2.93. The summed E-state index contributed by atoms with van der Waals surface area (Å²) in [7, 11) is 0. The normalized spacial score (nSPS) is 25.3. The number of allylic oxidation sites excluding steroid dienone is 1. The summed E-state index contributed by atoms with van der Waals surface area (Å²) in [5.41, 5.74) is 1.70. The second-order valence-electron chi connectivity index (χ2n) is 6.13. The lowest BCUT2D eigenvalue weighted by Gasteiger charge is -2.22. The molecule has 2 unspecified atom stereocenters. The molecule has 19 heavy (non-hydrogen) atoms. The number of hydrogen-bond donors (Lipinski definition) is 1. The minimum absolute atomic E-state index is 0.566. The van der Waals surface area contributed by atoms with Crippen molar-refractivity contribution in [2.45, 2.75) is 83.3 Å². The SMILES string of the molecule is CCNC(CCCC1CCCO1)CC1=CCCCC1. The molecule has 1 aliphatic carbocycles. The van der Waals surface area contributed by atoms with Crippen molar-refractivity contribution < 1.29 is 4.74 Å². The van der Waals surface area contributed by atoms with E-state index < -0.39 is 0 Å². The molecule has 0 bridgehead atoms. The highest BCUT2D eigenvalue weighted by molar-refractivity contribution is 5.07. The van der Waals surface area contributed by atoms with Gasteiger partial charge in [0.05, 0.1) is 6.10 Å². The molecule has 2 rings (SSSR count). The zero-order chi connectivity index (χ0) is 13.3. The Bertz CT molecular complexity index is 268. The van der Waals surface area contributed by atoms with Gasteiger partial charge in [-0.1, -0.05) is 18.6 Å². The molecule has 2 atom stereocenters. The van der Waals surface area contributed by atoms with Crippen LogP contribution in [0.3, 0.4) is 0 Å². The molecule has 1 N–H and O–H groups in total. The van der Waals surface area contributed by atoms with E-state index in [1.807, 2.05) is 0 Å². The molecule has 0 amide bonds. The van der Waals surface area contributed by atoms with Crippen LogP contribution in [0.4, 0.5) is 0 Å². The quantitative estimate of drug-likeness (QED) is 0.664. The van der Waals surface area contributed by atoms with Crippen molar-refractivity contribution >= 4 is 0 Å². The van der Waals surface area contributed by atoms with Crippen molar-refractivity contribution in [1.82, 2.24) is 5.32 Å². The first-order valence-electron chi connectivity index (χ1n) is 8.41. The summed E-state index contributed by atoms with van der Waals surface area (Å²) < 4.78 is 5.71. The van der Waals surface area contributed by atoms with E-state index in [2.05, 4.69) is 18.3 Å². The van der Waals surface area contributed by atoms with Crippen LogP contribution in [0.25, 0.3) is 0 Å². The van der Waals surface area contributed by atoms with Crippen LogP contribution in [-0.2, 0) is 4.74 Å². The Kier molecular flexibility index (Phi) is 6.94. The molecule has 0 aromatic heterocycles. The molecule has 0 saturated carbocycles. The lowest BCUT2D eigenvalue weighted by atomic mass is 9.92. The highest BCUT2D eigenvalue weighted by Gasteiger charge is 2.17. The third kappa shape index (κ3) is 5.66. The fourth-order valence-electron chi connectivity index (χ4n) is 3.44. The van der Waals surface area contributed by atoms with Crippen molar-refractivity contribution in [1.29, 1.82) is 0 Å². The van der Waals surface area contributed by atoms with Gasteiger partial charge in [0.25, 0.3) is 0 Å². The van der Waals surface area contributed by atoms with Gasteiger partial charge in [0.1, 0.15) is 0 Å². The Labute approximate surface area is 119 Å². The van der Waals surface area contributed by atoms with Gasteiger partial charge in [-0.05, 0) is 70.8 Å². The van der Waals surface area contributed by atoms with E-state index >= 15 is 0 Å². The Morgan fingerprint density at radius 2 is 2.32 bits per heavy atom. The third-order valence-corrected chi connectivity index (χ3v) is 4.49. The van der Waals surface area contributed by atoms with Gasteiger partial charge in [0.15, 0.2) is 0 Å². The zero-order valence-corrected chi connectivity index (χ0v) is 12.6. The van der Waals surface area contributed by atoms with Gasteiger partial charge >= 0.3 is 0 Å². The first-order chi connectivity index (χ1) is 9.38. The van der Waals surface area contributed by atoms with Crippen LogP contribution in [0.1, 0.15) is 71.1 Å². The molecule has 110 valence electrons. The summed E-state index contributed by atoms with van der Waals surface area (Å²) in [6.07, 6.45) is 16.2. The largest absolute Gasteiger partial charge is 0.378 e. The van der Waals surface area contributed by atoms with Crippen LogP contribution in [0.5, 0.6) is 0 Å². The van der Waals surface area contributed by atoms with Crippen LogP contribution >= 0.6 is 0 Å². The van der Waals surface area contributed by atoms with Gasteiger partial charge in [0, 0.05) is 12.6 Å². The number of rotatable bonds is 8. The van der Waals surface area contributed by atoms with Gasteiger partial charge in [-0.3, -0.25) is 0 Å². The van der Waals surface area contributed by atoms with Crippen LogP contribution in [0, 0.1) is 0 Å². The summed E-state index contributed by atoms with van der Waals surface area (Å²) >= 11 is 0. The highest BCUT2D eigenvalue weighted by Crippen LogP contribution is 2.24. The summed E-state index contributed by atoms with van der Waals surface area (Å²) in [5, 5.41) is 3.67. The van der Waals surface area contributed by atoms with Gasteiger partial charge in [0.2, 0.25) is 0 Å². The second kappa shape index (κ2) is 8.76. The molecule has 1 fully saturated rings. The lowest BCUT2D eigenvalue weighted by molar-refractivity contribution is 0.101. The van der Waals surface area contributed by atoms with E-state index in [1.165, 1.54) is 64.2 Å². The Balaban J connectivity index is 1.67. The molecule has 0 aromatic rings. The minimum Gasteiger partial charge on any atom is -0.378 e. The number of hydrogen-bond acceptors (Lipinski definition) is 2. The Hall–Kier alpha value is -0.340. The summed E-state index contributed by atoms with van der Waals surface area (Å²) in [6, 6.07) is 0.691. The molecular weight excluding hydrogens is 234 g/mol. The standard InChI is InChI=1S/C17H31NO/c1-2-18-16(14-15-8-4-3-5-9-15)10-6-11-17-12-7-13-19-17/h8,16-18H,2-7,9-14H2,1H3. The molecule has 2 aliphatic rings. The van der Waals surface area contributed by atoms with Gasteiger partial charge < -0.3 is 10.1 Å². The Morgan fingerprint density at radius 3 is 3.00 bits per heavy atom. The Morgan fingerprint density at radius 1 is 1.37 bits per heavy atom. The summed E-state index contributed by atoms with van der Waals surface area (Å²) in [5.74, 6) is 0. The van der Waals surface area contributed by atoms with Crippen molar-refractivity contribution in [3.63, 3.8) is 0 Å². The maximum atomic E-state index is 5.71. The predicted octanol–water partition coefficient (Wildman–Crippen LogP) is 4.20. The van der Waals surface area contributed by atoms with Crippen LogP contribution in [-0.4, -0.2) is 25.3 Å². The maximum Gasteiger partial charge on any atom is 0.0576 e. The second-order valence-corrected chi connectivity index (χ2v) is 6.13. The van der Waals surface area contributed by atoms with Crippen LogP contribution < -0.4 is 5.32 Å². The van der Waals surface area contributed by atoms with Gasteiger partial charge in [-0.15, -0.1) is 0 Å².